The molecule has 1 aliphatic rings. The molecule has 0 spiro atoms. The van der Waals surface area contributed by atoms with Gasteiger partial charge in [-0.25, -0.2) is 4.39 Å². The van der Waals surface area contributed by atoms with Crippen LogP contribution in [0.4, 0.5) is 4.39 Å². The first kappa shape index (κ1) is 11.9. The summed E-state index contributed by atoms with van der Waals surface area (Å²) in [5.74, 6) is 0.552. The van der Waals surface area contributed by atoms with Crippen molar-refractivity contribution >= 4 is 11.6 Å². The van der Waals surface area contributed by atoms with Crippen LogP contribution >= 0.6 is 11.6 Å². The van der Waals surface area contributed by atoms with Gasteiger partial charge in [-0.3, -0.25) is 0 Å². The van der Waals surface area contributed by atoms with Crippen molar-refractivity contribution in [1.82, 2.24) is 5.32 Å². The third-order valence-corrected chi connectivity index (χ3v) is 3.72. The number of halogens is 2. The lowest BCUT2D eigenvalue weighted by Gasteiger charge is -2.32. The Hall–Kier alpha value is -0.600. The van der Waals surface area contributed by atoms with Gasteiger partial charge in [-0.15, -0.1) is 0 Å². The predicted octanol–water partition coefficient (Wildman–Crippen LogP) is 3.76. The molecule has 1 atom stereocenters. The number of hydrogen-bond donors (Lipinski definition) is 1. The van der Waals surface area contributed by atoms with Crippen molar-refractivity contribution in [1.29, 1.82) is 0 Å². The van der Waals surface area contributed by atoms with Gasteiger partial charge in [-0.05, 0) is 37.8 Å². The van der Waals surface area contributed by atoms with Crippen molar-refractivity contribution in [3.63, 3.8) is 0 Å². The fraction of sp³-hybridized carbons (Fsp3) is 0.538. The summed E-state index contributed by atoms with van der Waals surface area (Å²) in [5.41, 5.74) is 0.690. The Bertz CT molecular complexity index is 363. The first-order chi connectivity index (χ1) is 7.66. The van der Waals surface area contributed by atoms with Crippen LogP contribution in [0.1, 0.15) is 31.7 Å². The van der Waals surface area contributed by atoms with Crippen LogP contribution in [0, 0.1) is 11.7 Å². The van der Waals surface area contributed by atoms with Gasteiger partial charge < -0.3 is 5.32 Å². The Morgan fingerprint density at radius 2 is 2.25 bits per heavy atom. The van der Waals surface area contributed by atoms with Crippen molar-refractivity contribution in [2.24, 2.45) is 5.92 Å². The summed E-state index contributed by atoms with van der Waals surface area (Å²) >= 11 is 5.70. The van der Waals surface area contributed by atoms with Gasteiger partial charge in [0, 0.05) is 23.2 Å². The second kappa shape index (κ2) is 5.15. The SMILES string of the molecule is CC(NCc1ccc(Cl)cc1F)C1CCC1. The van der Waals surface area contributed by atoms with Gasteiger partial charge in [0.05, 0.1) is 0 Å². The van der Waals surface area contributed by atoms with E-state index < -0.39 is 0 Å². The van der Waals surface area contributed by atoms with Crippen molar-refractivity contribution < 1.29 is 4.39 Å². The highest BCUT2D eigenvalue weighted by Crippen LogP contribution is 2.29. The van der Waals surface area contributed by atoms with Gasteiger partial charge in [0.15, 0.2) is 0 Å². The highest BCUT2D eigenvalue weighted by Gasteiger charge is 2.23. The fourth-order valence-electron chi connectivity index (χ4n) is 2.04. The quantitative estimate of drug-likeness (QED) is 0.847. The monoisotopic (exact) mass is 241 g/mol. The van der Waals surface area contributed by atoms with Crippen LogP contribution < -0.4 is 5.32 Å². The molecule has 0 bridgehead atoms. The minimum Gasteiger partial charge on any atom is -0.310 e. The maximum Gasteiger partial charge on any atom is 0.129 e. The average molecular weight is 242 g/mol. The molecule has 1 N–H and O–H groups in total. The Balaban J connectivity index is 1.88. The maximum absolute atomic E-state index is 13.5. The molecule has 88 valence electrons. The number of hydrogen-bond acceptors (Lipinski definition) is 1. The third-order valence-electron chi connectivity index (χ3n) is 3.49. The number of nitrogens with one attached hydrogen (secondary N) is 1. The zero-order valence-electron chi connectivity index (χ0n) is 9.47. The molecule has 0 aliphatic heterocycles. The van der Waals surface area contributed by atoms with Crippen molar-refractivity contribution in [3.8, 4) is 0 Å². The second-order valence-corrected chi connectivity index (χ2v) is 5.03. The van der Waals surface area contributed by atoms with Gasteiger partial charge >= 0.3 is 0 Å². The van der Waals surface area contributed by atoms with Crippen LogP contribution in [0.5, 0.6) is 0 Å². The highest BCUT2D eigenvalue weighted by atomic mass is 35.5. The third kappa shape index (κ3) is 2.74. The molecular formula is C13H17ClFN. The second-order valence-electron chi connectivity index (χ2n) is 4.60. The zero-order chi connectivity index (χ0) is 11.5. The van der Waals surface area contributed by atoms with E-state index in [9.17, 15) is 4.39 Å². The van der Waals surface area contributed by atoms with Gasteiger partial charge in [0.2, 0.25) is 0 Å². The fourth-order valence-corrected chi connectivity index (χ4v) is 2.20. The smallest absolute Gasteiger partial charge is 0.129 e. The van der Waals surface area contributed by atoms with E-state index in [0.29, 0.717) is 23.2 Å². The van der Waals surface area contributed by atoms with Gasteiger partial charge in [0.1, 0.15) is 5.82 Å². The molecule has 2 rings (SSSR count). The van der Waals surface area contributed by atoms with Crippen LogP contribution in [-0.4, -0.2) is 6.04 Å². The van der Waals surface area contributed by atoms with E-state index in [0.717, 1.165) is 5.92 Å². The Kier molecular flexibility index (Phi) is 3.82. The van der Waals surface area contributed by atoms with E-state index in [1.54, 1.807) is 12.1 Å². The van der Waals surface area contributed by atoms with E-state index in [4.69, 9.17) is 11.6 Å². The van der Waals surface area contributed by atoms with E-state index in [1.807, 2.05) is 0 Å². The number of rotatable bonds is 4. The minimum atomic E-state index is -0.221. The molecule has 1 aromatic rings. The summed E-state index contributed by atoms with van der Waals surface area (Å²) in [6.45, 7) is 2.76. The van der Waals surface area contributed by atoms with Gasteiger partial charge in [0.25, 0.3) is 0 Å². The molecule has 16 heavy (non-hydrogen) atoms. The number of benzene rings is 1. The first-order valence-electron chi connectivity index (χ1n) is 5.84. The van der Waals surface area contributed by atoms with Crippen LogP contribution in [-0.2, 0) is 6.54 Å². The first-order valence-corrected chi connectivity index (χ1v) is 6.22. The van der Waals surface area contributed by atoms with E-state index in [1.165, 1.54) is 25.3 Å². The van der Waals surface area contributed by atoms with Crippen molar-refractivity contribution in [2.75, 3.05) is 0 Å². The summed E-state index contributed by atoms with van der Waals surface area (Å²) in [6.07, 6.45) is 3.94. The van der Waals surface area contributed by atoms with E-state index in [2.05, 4.69) is 12.2 Å². The molecule has 0 saturated heterocycles. The van der Waals surface area contributed by atoms with Gasteiger partial charge in [-0.1, -0.05) is 24.1 Å². The topological polar surface area (TPSA) is 12.0 Å². The van der Waals surface area contributed by atoms with E-state index in [-0.39, 0.29) is 5.82 Å². The average Bonchev–Trinajstić information content (AvgIpc) is 2.13. The highest BCUT2D eigenvalue weighted by molar-refractivity contribution is 6.30. The molecular weight excluding hydrogens is 225 g/mol. The minimum absolute atomic E-state index is 0.221. The zero-order valence-corrected chi connectivity index (χ0v) is 10.2. The van der Waals surface area contributed by atoms with Crippen LogP contribution in [0.15, 0.2) is 18.2 Å². The Morgan fingerprint density at radius 1 is 1.50 bits per heavy atom. The van der Waals surface area contributed by atoms with Crippen LogP contribution in [0.25, 0.3) is 0 Å². The molecule has 1 aliphatic carbocycles. The summed E-state index contributed by atoms with van der Waals surface area (Å²) in [7, 11) is 0. The molecule has 3 heteroatoms. The molecule has 1 saturated carbocycles. The lowest BCUT2D eigenvalue weighted by Crippen LogP contribution is -2.36. The summed E-state index contributed by atoms with van der Waals surface area (Å²) in [6, 6.07) is 5.32. The molecule has 1 unspecified atom stereocenters. The molecule has 1 aromatic carbocycles. The molecule has 0 radical (unpaired) electrons. The molecule has 1 fully saturated rings. The standard InChI is InChI=1S/C13H17ClFN/c1-9(10-3-2-4-10)16-8-11-5-6-12(14)7-13(11)15/h5-7,9-10,16H,2-4,8H2,1H3. The van der Waals surface area contributed by atoms with Crippen molar-refractivity contribution in [2.45, 2.75) is 38.8 Å². The van der Waals surface area contributed by atoms with Crippen LogP contribution in [0.2, 0.25) is 5.02 Å². The molecule has 0 heterocycles. The van der Waals surface area contributed by atoms with E-state index >= 15 is 0 Å². The lowest BCUT2D eigenvalue weighted by molar-refractivity contribution is 0.239. The largest absolute Gasteiger partial charge is 0.310 e. The normalized spacial score (nSPS) is 18.2. The Morgan fingerprint density at radius 3 is 2.81 bits per heavy atom. The lowest BCUT2D eigenvalue weighted by atomic mass is 9.80. The summed E-state index contributed by atoms with van der Waals surface area (Å²) < 4.78 is 13.5. The Labute approximate surface area is 101 Å². The van der Waals surface area contributed by atoms with Gasteiger partial charge in [-0.2, -0.15) is 0 Å². The van der Waals surface area contributed by atoms with Crippen LogP contribution in [0.3, 0.4) is 0 Å². The maximum atomic E-state index is 13.5. The molecule has 0 aromatic heterocycles. The van der Waals surface area contributed by atoms with Crippen molar-refractivity contribution in [3.05, 3.63) is 34.6 Å². The molecule has 0 amide bonds. The molecule has 1 nitrogen and oxygen atoms in total. The summed E-state index contributed by atoms with van der Waals surface area (Å²) in [4.78, 5) is 0. The summed E-state index contributed by atoms with van der Waals surface area (Å²) in [5, 5.41) is 3.83. The predicted molar refractivity (Wildman–Crippen MR) is 65.1 cm³/mol.